The Morgan fingerprint density at radius 1 is 0.922 bits per heavy atom. The summed E-state index contributed by atoms with van der Waals surface area (Å²) in [6.07, 6.45) is 5.97. The first kappa shape index (κ1) is 37.0. The van der Waals surface area contributed by atoms with Crippen LogP contribution in [0.4, 0.5) is 0 Å². The minimum absolute atomic E-state index is 0.108. The molecule has 1 aliphatic rings. The molecule has 268 valence electrons. The van der Waals surface area contributed by atoms with Crippen LogP contribution in [0.1, 0.15) is 68.9 Å². The summed E-state index contributed by atoms with van der Waals surface area (Å²) in [5, 5.41) is 12.3. The molecule has 3 aromatic carbocycles. The van der Waals surface area contributed by atoms with Crippen LogP contribution in [0.5, 0.6) is 11.5 Å². The second-order valence-corrected chi connectivity index (χ2v) is 14.6. The Balaban J connectivity index is 1.26. The lowest BCUT2D eigenvalue weighted by molar-refractivity contribution is -0.153. The van der Waals surface area contributed by atoms with Gasteiger partial charge in [0, 0.05) is 48.6 Å². The number of likely N-dealkylation sites (tertiary alicyclic amines) is 1. The second-order valence-electron chi connectivity index (χ2n) is 14.6. The first-order valence-corrected chi connectivity index (χ1v) is 17.5. The summed E-state index contributed by atoms with van der Waals surface area (Å²) in [6, 6.07) is 19.8. The highest BCUT2D eigenvalue weighted by atomic mass is 16.5. The largest absolute Gasteiger partial charge is 0.496 e. The number of aromatic nitrogens is 2. The molecule has 10 nitrogen and oxygen atoms in total. The number of aliphatic carboxylic acids is 1. The third-order valence-electron chi connectivity index (χ3n) is 9.10. The van der Waals surface area contributed by atoms with Crippen LogP contribution in [0, 0.1) is 11.8 Å². The molecule has 1 atom stereocenters. The lowest BCUT2D eigenvalue weighted by Crippen LogP contribution is -2.59. The Morgan fingerprint density at radius 3 is 2.16 bits per heavy atom. The molecule has 51 heavy (non-hydrogen) atoms. The monoisotopic (exact) mass is 692 g/mol. The summed E-state index contributed by atoms with van der Waals surface area (Å²) < 4.78 is 11.5. The van der Waals surface area contributed by atoms with Gasteiger partial charge in [0.15, 0.2) is 5.82 Å². The van der Waals surface area contributed by atoms with Gasteiger partial charge >= 0.3 is 5.97 Å². The van der Waals surface area contributed by atoms with E-state index in [2.05, 4.69) is 49.9 Å². The van der Waals surface area contributed by atoms with Gasteiger partial charge in [0.25, 0.3) is 5.91 Å². The molecule has 1 aliphatic heterocycles. The van der Waals surface area contributed by atoms with Crippen LogP contribution in [0.15, 0.2) is 79.1 Å². The van der Waals surface area contributed by atoms with E-state index in [9.17, 15) is 19.5 Å². The number of hydrogen-bond donors (Lipinski definition) is 2. The molecule has 0 bridgehead atoms. The highest BCUT2D eigenvalue weighted by molar-refractivity contribution is 5.98. The number of nitrogens with zero attached hydrogens (tertiary/aromatic N) is 3. The van der Waals surface area contributed by atoms with Crippen molar-refractivity contribution in [1.82, 2.24) is 20.2 Å². The smallest absolute Gasteiger partial charge is 0.310 e. The molecule has 1 aromatic heterocycles. The summed E-state index contributed by atoms with van der Waals surface area (Å²) in [5.41, 5.74) is 4.63. The fourth-order valence-electron chi connectivity index (χ4n) is 6.01. The molecule has 4 aromatic rings. The second kappa shape index (κ2) is 16.2. The zero-order chi connectivity index (χ0) is 36.7. The third-order valence-corrected chi connectivity index (χ3v) is 9.10. The fourth-order valence-corrected chi connectivity index (χ4v) is 6.01. The van der Waals surface area contributed by atoms with Gasteiger partial charge in [0.05, 0.1) is 19.6 Å². The first-order chi connectivity index (χ1) is 24.3. The molecule has 10 heteroatoms. The van der Waals surface area contributed by atoms with E-state index in [0.29, 0.717) is 29.7 Å². The average molecular weight is 693 g/mol. The number of methoxy groups -OCH3 is 1. The van der Waals surface area contributed by atoms with E-state index in [1.54, 1.807) is 31.6 Å². The molecule has 1 saturated heterocycles. The zero-order valence-corrected chi connectivity index (χ0v) is 30.3. The van der Waals surface area contributed by atoms with Gasteiger partial charge in [-0.15, -0.1) is 0 Å². The van der Waals surface area contributed by atoms with Crippen LogP contribution in [-0.4, -0.2) is 70.6 Å². The van der Waals surface area contributed by atoms with Gasteiger partial charge in [0.2, 0.25) is 5.91 Å². The van der Waals surface area contributed by atoms with Gasteiger partial charge in [-0.05, 0) is 65.1 Å². The Bertz CT molecular complexity index is 1810. The van der Waals surface area contributed by atoms with E-state index in [4.69, 9.17) is 9.47 Å². The fraction of sp³-hybridized carbons (Fsp3) is 0.390. The molecule has 2 N–H and O–H groups in total. The molecule has 0 saturated carbocycles. The van der Waals surface area contributed by atoms with Crippen LogP contribution in [0.25, 0.3) is 22.5 Å². The van der Waals surface area contributed by atoms with E-state index in [1.165, 1.54) is 4.90 Å². The minimum atomic E-state index is -0.938. The van der Waals surface area contributed by atoms with Crippen molar-refractivity contribution in [2.24, 2.45) is 11.8 Å². The number of amides is 2. The van der Waals surface area contributed by atoms with Gasteiger partial charge in [-0.3, -0.25) is 14.4 Å². The molecule has 0 radical (unpaired) electrons. The number of carboxylic acids is 1. The lowest BCUT2D eigenvalue weighted by atomic mass is 9.85. The number of carboxylic acid groups (broad SMARTS) is 1. The molecule has 0 aliphatic carbocycles. The van der Waals surface area contributed by atoms with Crippen LogP contribution < -0.4 is 14.8 Å². The van der Waals surface area contributed by atoms with Crippen molar-refractivity contribution < 1.29 is 29.0 Å². The van der Waals surface area contributed by atoms with Gasteiger partial charge in [-0.1, -0.05) is 77.1 Å². The maximum Gasteiger partial charge on any atom is 0.310 e. The van der Waals surface area contributed by atoms with E-state index in [-0.39, 0.29) is 30.8 Å². The van der Waals surface area contributed by atoms with Crippen molar-refractivity contribution >= 4 is 17.8 Å². The molecule has 5 rings (SSSR count). The van der Waals surface area contributed by atoms with Crippen LogP contribution in [0.3, 0.4) is 0 Å². The number of hydrogen-bond acceptors (Lipinski definition) is 7. The van der Waals surface area contributed by atoms with E-state index in [0.717, 1.165) is 46.4 Å². The molecule has 1 fully saturated rings. The van der Waals surface area contributed by atoms with Crippen molar-refractivity contribution in [3.8, 4) is 34.0 Å². The summed E-state index contributed by atoms with van der Waals surface area (Å²) in [4.78, 5) is 49.1. The van der Waals surface area contributed by atoms with Gasteiger partial charge in [0.1, 0.15) is 17.5 Å². The number of nitrogens with one attached hydrogen (secondary N) is 1. The van der Waals surface area contributed by atoms with Crippen molar-refractivity contribution in [2.75, 3.05) is 26.8 Å². The normalized spacial score (nSPS) is 13.7. The third kappa shape index (κ3) is 9.51. The number of carbonyl (C=O) groups excluding carboxylic acids is 2. The van der Waals surface area contributed by atoms with Gasteiger partial charge in [-0.2, -0.15) is 0 Å². The summed E-state index contributed by atoms with van der Waals surface area (Å²) >= 11 is 0. The first-order valence-electron chi connectivity index (χ1n) is 17.5. The molecular formula is C41H48N4O6. The Morgan fingerprint density at radius 2 is 1.57 bits per heavy atom. The maximum absolute atomic E-state index is 13.6. The number of benzene rings is 3. The summed E-state index contributed by atoms with van der Waals surface area (Å²) in [7, 11) is 1.56. The molecular weight excluding hydrogens is 644 g/mol. The predicted molar refractivity (Wildman–Crippen MR) is 197 cm³/mol. The minimum Gasteiger partial charge on any atom is -0.496 e. The molecule has 2 amide bonds. The summed E-state index contributed by atoms with van der Waals surface area (Å²) in [5.74, 6) is 0.363. The average Bonchev–Trinajstić information content (AvgIpc) is 3.09. The van der Waals surface area contributed by atoms with Crippen molar-refractivity contribution in [3.05, 3.63) is 95.8 Å². The summed E-state index contributed by atoms with van der Waals surface area (Å²) in [6.45, 7) is 11.5. The van der Waals surface area contributed by atoms with E-state index >= 15 is 0 Å². The Kier molecular flexibility index (Phi) is 11.7. The van der Waals surface area contributed by atoms with Crippen molar-refractivity contribution in [2.45, 2.75) is 65.3 Å². The molecule has 0 spiro atoms. The van der Waals surface area contributed by atoms with Crippen LogP contribution in [-0.2, 0) is 21.4 Å². The number of rotatable bonds is 14. The number of ether oxygens (including phenoxy) is 2. The zero-order valence-electron chi connectivity index (χ0n) is 30.3. The van der Waals surface area contributed by atoms with Gasteiger partial charge in [-0.25, -0.2) is 9.97 Å². The topological polar surface area (TPSA) is 131 Å². The maximum atomic E-state index is 13.6. The van der Waals surface area contributed by atoms with Crippen molar-refractivity contribution in [3.63, 3.8) is 0 Å². The standard InChI is InChI=1S/C41H48N4O6/c1-26(2)8-7-19-51-33-16-13-28(14-17-33)31-22-42-37(43-23-31)29-11-9-27(10-12-29)20-35(39(47)45-24-32(25-45)40(48)49)44-38(46)30-15-18-34(41(3,4)5)36(21-30)50-6/h9-18,21-23,26,32,35H,7-8,19-20,24-25H2,1-6H3,(H,44,46)(H,48,49)/t35-/m0/s1. The Labute approximate surface area is 300 Å². The molecule has 2 heterocycles. The SMILES string of the molecule is COc1cc(C(=O)N[C@@H](Cc2ccc(-c3ncc(-c4ccc(OCCCC(C)C)cc4)cn3)cc2)C(=O)N2CC(C(=O)O)C2)ccc1C(C)(C)C. The highest BCUT2D eigenvalue weighted by Crippen LogP contribution is 2.32. The predicted octanol–water partition coefficient (Wildman–Crippen LogP) is 6.82. The Hall–Kier alpha value is -5.25. The van der Waals surface area contributed by atoms with Gasteiger partial charge < -0.3 is 24.8 Å². The molecule has 0 unspecified atom stereocenters. The lowest BCUT2D eigenvalue weighted by Gasteiger charge is -2.39. The number of carbonyl (C=O) groups is 3. The highest BCUT2D eigenvalue weighted by Gasteiger charge is 2.39. The van der Waals surface area contributed by atoms with Crippen LogP contribution >= 0.6 is 0 Å². The van der Waals surface area contributed by atoms with Crippen LogP contribution in [0.2, 0.25) is 0 Å². The quantitative estimate of drug-likeness (QED) is 0.138. The van der Waals surface area contributed by atoms with E-state index < -0.39 is 23.8 Å². The van der Waals surface area contributed by atoms with E-state index in [1.807, 2.05) is 54.6 Å². The van der Waals surface area contributed by atoms with Crippen molar-refractivity contribution in [1.29, 1.82) is 0 Å².